The van der Waals surface area contributed by atoms with Gasteiger partial charge in [-0.3, -0.25) is 4.79 Å². The number of rotatable bonds is 2. The lowest BCUT2D eigenvalue weighted by molar-refractivity contribution is -0.299. The maximum atomic E-state index is 10.9. The summed E-state index contributed by atoms with van der Waals surface area (Å²) < 4.78 is 16.3. The van der Waals surface area contributed by atoms with E-state index in [4.69, 9.17) is 14.2 Å². The van der Waals surface area contributed by atoms with Crippen LogP contribution in [0.25, 0.3) is 0 Å². The molecule has 17 heavy (non-hydrogen) atoms. The Labute approximate surface area is 100 Å². The smallest absolute Gasteiger partial charge is 0.304 e. The van der Waals surface area contributed by atoms with Crippen LogP contribution < -0.4 is 0 Å². The topological polar surface area (TPSA) is 44.8 Å². The summed E-state index contributed by atoms with van der Waals surface area (Å²) in [6.07, 6.45) is -0.438. The lowest BCUT2D eigenvalue weighted by Gasteiger charge is -2.33. The molecule has 3 atom stereocenters. The molecule has 0 radical (unpaired) electrons. The van der Waals surface area contributed by atoms with Crippen LogP contribution in [0.1, 0.15) is 32.1 Å². The van der Waals surface area contributed by atoms with Crippen molar-refractivity contribution in [3.05, 3.63) is 35.9 Å². The monoisotopic (exact) mass is 236 g/mol. The van der Waals surface area contributed by atoms with Gasteiger partial charge in [-0.1, -0.05) is 30.3 Å². The lowest BCUT2D eigenvalue weighted by Crippen LogP contribution is -2.34. The highest BCUT2D eigenvalue weighted by atomic mass is 16.8. The van der Waals surface area contributed by atoms with Crippen LogP contribution in [0.2, 0.25) is 0 Å². The molecule has 1 aliphatic heterocycles. The molecule has 0 saturated carbocycles. The fourth-order valence-corrected chi connectivity index (χ4v) is 1.79. The molecule has 0 aromatic heterocycles. The quantitative estimate of drug-likeness (QED) is 0.740. The van der Waals surface area contributed by atoms with Crippen molar-refractivity contribution < 1.29 is 19.0 Å². The molecule has 0 bridgehead atoms. The van der Waals surface area contributed by atoms with E-state index in [0.717, 1.165) is 5.56 Å². The maximum Gasteiger partial charge on any atom is 0.304 e. The number of carbonyl (C=O) groups excluding carboxylic acids is 1. The van der Waals surface area contributed by atoms with E-state index in [-0.39, 0.29) is 12.1 Å². The standard InChI is InChI=1S/C13H16O4/c1-9-8-12(16-10(2)14)17-13(15-9)11-6-4-3-5-7-11/h3-7,9,12-13H,8H2,1-2H3/t9-,12-,13-/m1/s1. The predicted molar refractivity (Wildman–Crippen MR) is 61.0 cm³/mol. The number of esters is 1. The summed E-state index contributed by atoms with van der Waals surface area (Å²) in [5, 5.41) is 0. The van der Waals surface area contributed by atoms with Gasteiger partial charge in [0.25, 0.3) is 0 Å². The lowest BCUT2D eigenvalue weighted by atomic mass is 10.2. The van der Waals surface area contributed by atoms with E-state index >= 15 is 0 Å². The summed E-state index contributed by atoms with van der Waals surface area (Å²) in [4.78, 5) is 10.9. The van der Waals surface area contributed by atoms with Gasteiger partial charge in [-0.15, -0.1) is 0 Å². The summed E-state index contributed by atoms with van der Waals surface area (Å²) in [5.41, 5.74) is 0.927. The zero-order valence-electron chi connectivity index (χ0n) is 9.96. The van der Waals surface area contributed by atoms with Gasteiger partial charge in [-0.05, 0) is 6.92 Å². The van der Waals surface area contributed by atoms with E-state index in [1.807, 2.05) is 37.3 Å². The summed E-state index contributed by atoms with van der Waals surface area (Å²) in [5.74, 6) is -0.337. The van der Waals surface area contributed by atoms with Gasteiger partial charge in [0, 0.05) is 18.9 Å². The predicted octanol–water partition coefficient (Wildman–Crippen LogP) is 2.40. The molecule has 2 rings (SSSR count). The van der Waals surface area contributed by atoms with E-state index in [2.05, 4.69) is 0 Å². The third-order valence-corrected chi connectivity index (χ3v) is 2.52. The molecule has 0 unspecified atom stereocenters. The highest BCUT2D eigenvalue weighted by Crippen LogP contribution is 2.29. The van der Waals surface area contributed by atoms with Gasteiger partial charge in [0.2, 0.25) is 6.29 Å². The molecular weight excluding hydrogens is 220 g/mol. The summed E-state index contributed by atoms with van der Waals surface area (Å²) in [7, 11) is 0. The van der Waals surface area contributed by atoms with Crippen LogP contribution in [0.4, 0.5) is 0 Å². The van der Waals surface area contributed by atoms with Crippen molar-refractivity contribution in [2.45, 2.75) is 39.0 Å². The molecule has 4 nitrogen and oxygen atoms in total. The second kappa shape index (κ2) is 5.29. The van der Waals surface area contributed by atoms with Crippen molar-refractivity contribution >= 4 is 5.97 Å². The summed E-state index contributed by atoms with van der Waals surface area (Å²) in [6.45, 7) is 3.32. The average molecular weight is 236 g/mol. The van der Waals surface area contributed by atoms with E-state index in [1.165, 1.54) is 6.92 Å². The first-order valence-corrected chi connectivity index (χ1v) is 5.68. The molecule has 0 aliphatic carbocycles. The fraction of sp³-hybridized carbons (Fsp3) is 0.462. The minimum atomic E-state index is -0.526. The first-order valence-electron chi connectivity index (χ1n) is 5.68. The molecule has 1 aliphatic rings. The Morgan fingerprint density at radius 3 is 2.65 bits per heavy atom. The van der Waals surface area contributed by atoms with Crippen LogP contribution in [0.3, 0.4) is 0 Å². The van der Waals surface area contributed by atoms with Gasteiger partial charge in [0.1, 0.15) is 0 Å². The molecule has 1 heterocycles. The second-order valence-electron chi connectivity index (χ2n) is 4.10. The van der Waals surface area contributed by atoms with Crippen molar-refractivity contribution in [2.75, 3.05) is 0 Å². The van der Waals surface area contributed by atoms with E-state index in [1.54, 1.807) is 0 Å². The van der Waals surface area contributed by atoms with Gasteiger partial charge >= 0.3 is 5.97 Å². The summed E-state index contributed by atoms with van der Waals surface area (Å²) in [6, 6.07) is 9.62. The van der Waals surface area contributed by atoms with Gasteiger partial charge in [0.15, 0.2) is 6.29 Å². The number of hydrogen-bond acceptors (Lipinski definition) is 4. The summed E-state index contributed by atoms with van der Waals surface area (Å²) >= 11 is 0. The Balaban J connectivity index is 2.06. The molecule has 0 amide bonds. The van der Waals surface area contributed by atoms with Gasteiger partial charge in [0.05, 0.1) is 6.10 Å². The maximum absolute atomic E-state index is 10.9. The minimum Gasteiger partial charge on any atom is -0.436 e. The van der Waals surface area contributed by atoms with Crippen molar-refractivity contribution in [1.82, 2.24) is 0 Å². The Morgan fingerprint density at radius 2 is 2.00 bits per heavy atom. The van der Waals surface area contributed by atoms with Crippen LogP contribution in [0.15, 0.2) is 30.3 Å². The number of hydrogen-bond donors (Lipinski definition) is 0. The zero-order valence-corrected chi connectivity index (χ0v) is 9.96. The fourth-order valence-electron chi connectivity index (χ4n) is 1.79. The van der Waals surface area contributed by atoms with Crippen molar-refractivity contribution in [1.29, 1.82) is 0 Å². The molecule has 4 heteroatoms. The highest BCUT2D eigenvalue weighted by Gasteiger charge is 2.30. The third kappa shape index (κ3) is 3.28. The second-order valence-corrected chi connectivity index (χ2v) is 4.10. The highest BCUT2D eigenvalue weighted by molar-refractivity contribution is 5.66. The van der Waals surface area contributed by atoms with Crippen LogP contribution in [0.5, 0.6) is 0 Å². The number of ether oxygens (including phenoxy) is 3. The Morgan fingerprint density at radius 1 is 1.29 bits per heavy atom. The van der Waals surface area contributed by atoms with E-state index in [0.29, 0.717) is 6.42 Å². The molecular formula is C13H16O4. The minimum absolute atomic E-state index is 0.00157. The molecule has 1 aromatic carbocycles. The molecule has 1 saturated heterocycles. The van der Waals surface area contributed by atoms with Crippen LogP contribution in [-0.4, -0.2) is 18.4 Å². The van der Waals surface area contributed by atoms with Gasteiger partial charge in [-0.25, -0.2) is 0 Å². The van der Waals surface area contributed by atoms with Crippen molar-refractivity contribution in [2.24, 2.45) is 0 Å². The Kier molecular flexibility index (Phi) is 3.76. The SMILES string of the molecule is CC(=O)O[C@H]1C[C@@H](C)O[C@@H](c2ccccc2)O1. The van der Waals surface area contributed by atoms with Gasteiger partial charge in [-0.2, -0.15) is 0 Å². The molecule has 1 aromatic rings. The molecule has 0 spiro atoms. The van der Waals surface area contributed by atoms with Crippen LogP contribution in [-0.2, 0) is 19.0 Å². The average Bonchev–Trinajstić information content (AvgIpc) is 2.28. The first kappa shape index (κ1) is 12.1. The van der Waals surface area contributed by atoms with E-state index < -0.39 is 12.6 Å². The van der Waals surface area contributed by atoms with Gasteiger partial charge < -0.3 is 14.2 Å². The normalized spacial score (nSPS) is 28.7. The first-order chi connectivity index (χ1) is 8.15. The molecule has 1 fully saturated rings. The Bertz CT molecular complexity index is 376. The largest absolute Gasteiger partial charge is 0.436 e. The molecule has 92 valence electrons. The van der Waals surface area contributed by atoms with Crippen LogP contribution >= 0.6 is 0 Å². The Hall–Kier alpha value is -1.39. The third-order valence-electron chi connectivity index (χ3n) is 2.52. The zero-order chi connectivity index (χ0) is 12.3. The number of carbonyl (C=O) groups is 1. The van der Waals surface area contributed by atoms with Crippen molar-refractivity contribution in [3.8, 4) is 0 Å². The van der Waals surface area contributed by atoms with Crippen molar-refractivity contribution in [3.63, 3.8) is 0 Å². The van der Waals surface area contributed by atoms with Crippen LogP contribution in [0, 0.1) is 0 Å². The number of benzene rings is 1. The molecule has 0 N–H and O–H groups in total. The van der Waals surface area contributed by atoms with E-state index in [9.17, 15) is 4.79 Å².